The summed E-state index contributed by atoms with van der Waals surface area (Å²) in [5.74, 6) is 0.839. The molecule has 0 aliphatic carbocycles. The molecule has 0 aliphatic rings. The highest BCUT2D eigenvalue weighted by Crippen LogP contribution is 2.22. The third-order valence-electron chi connectivity index (χ3n) is 2.93. The van der Waals surface area contributed by atoms with Gasteiger partial charge in [-0.25, -0.2) is 13.4 Å². The zero-order valence-electron chi connectivity index (χ0n) is 10.8. The van der Waals surface area contributed by atoms with E-state index in [9.17, 15) is 8.42 Å². The van der Waals surface area contributed by atoms with Crippen LogP contribution in [0.15, 0.2) is 41.6 Å². The summed E-state index contributed by atoms with van der Waals surface area (Å²) in [6.45, 7) is 2.11. The third kappa shape index (κ3) is 2.69. The van der Waals surface area contributed by atoms with E-state index in [1.807, 2.05) is 6.07 Å². The maximum absolute atomic E-state index is 12.1. The van der Waals surface area contributed by atoms with Gasteiger partial charge in [0.2, 0.25) is 0 Å². The van der Waals surface area contributed by atoms with Gasteiger partial charge in [-0.05, 0) is 18.7 Å². The zero-order chi connectivity index (χ0) is 13.9. The number of hydrogen-bond acceptors (Lipinski definition) is 4. The number of para-hydroxylation sites is 1. The average molecular weight is 279 g/mol. The van der Waals surface area contributed by atoms with Crippen LogP contribution in [0, 0.1) is 0 Å². The van der Waals surface area contributed by atoms with Crippen LogP contribution in [-0.4, -0.2) is 30.3 Å². The molecule has 19 heavy (non-hydrogen) atoms. The van der Waals surface area contributed by atoms with Gasteiger partial charge in [0, 0.05) is 18.8 Å². The van der Waals surface area contributed by atoms with Crippen molar-refractivity contribution in [1.29, 1.82) is 0 Å². The Bertz CT molecular complexity index is 662. The molecule has 2 aromatic rings. The largest absolute Gasteiger partial charge is 0.330 e. The standard InChI is InChI=1S/C13H17N3O2S/c1-2-19(17,18)12-6-4-3-5-11(12)16-10-9-15-13(16)7-8-14/h3-6,9-10H,2,7-8,14H2,1H3. The van der Waals surface area contributed by atoms with Gasteiger partial charge in [0.1, 0.15) is 5.82 Å². The molecule has 1 heterocycles. The van der Waals surface area contributed by atoms with Gasteiger partial charge in [-0.1, -0.05) is 19.1 Å². The first-order valence-corrected chi connectivity index (χ1v) is 7.80. The Morgan fingerprint density at radius 1 is 1.32 bits per heavy atom. The van der Waals surface area contributed by atoms with Crippen LogP contribution < -0.4 is 5.73 Å². The van der Waals surface area contributed by atoms with Gasteiger partial charge < -0.3 is 10.3 Å². The topological polar surface area (TPSA) is 78.0 Å². The van der Waals surface area contributed by atoms with Gasteiger partial charge in [0.05, 0.1) is 16.3 Å². The first-order valence-electron chi connectivity index (χ1n) is 6.14. The van der Waals surface area contributed by atoms with Crippen LogP contribution in [0.5, 0.6) is 0 Å². The van der Waals surface area contributed by atoms with E-state index in [1.165, 1.54) is 0 Å². The Balaban J connectivity index is 2.60. The summed E-state index contributed by atoms with van der Waals surface area (Å²) in [4.78, 5) is 4.55. The van der Waals surface area contributed by atoms with Crippen LogP contribution in [0.4, 0.5) is 0 Å². The lowest BCUT2D eigenvalue weighted by molar-refractivity contribution is 0.596. The lowest BCUT2D eigenvalue weighted by atomic mass is 10.3. The van der Waals surface area contributed by atoms with Crippen molar-refractivity contribution >= 4 is 9.84 Å². The molecule has 0 unspecified atom stereocenters. The summed E-state index contributed by atoms with van der Waals surface area (Å²) in [6.07, 6.45) is 4.02. The molecule has 2 N–H and O–H groups in total. The fraction of sp³-hybridized carbons (Fsp3) is 0.308. The Morgan fingerprint density at radius 2 is 2.05 bits per heavy atom. The van der Waals surface area contributed by atoms with Crippen LogP contribution in [0.3, 0.4) is 0 Å². The number of imidazole rings is 1. The molecule has 0 saturated heterocycles. The quantitative estimate of drug-likeness (QED) is 0.891. The summed E-state index contributed by atoms with van der Waals surface area (Å²) >= 11 is 0. The van der Waals surface area contributed by atoms with Crippen molar-refractivity contribution in [1.82, 2.24) is 9.55 Å². The molecule has 0 amide bonds. The van der Waals surface area contributed by atoms with Crippen LogP contribution >= 0.6 is 0 Å². The number of benzene rings is 1. The highest BCUT2D eigenvalue weighted by Gasteiger charge is 2.18. The molecule has 0 aliphatic heterocycles. The predicted molar refractivity (Wildman–Crippen MR) is 74.0 cm³/mol. The minimum atomic E-state index is -3.27. The minimum Gasteiger partial charge on any atom is -0.330 e. The number of nitrogens with zero attached hydrogens (tertiary/aromatic N) is 2. The van der Waals surface area contributed by atoms with E-state index in [0.29, 0.717) is 23.5 Å². The van der Waals surface area contributed by atoms with Crippen LogP contribution in [-0.2, 0) is 16.3 Å². The number of sulfone groups is 1. The van der Waals surface area contributed by atoms with Gasteiger partial charge in [0.15, 0.2) is 9.84 Å². The molecular formula is C13H17N3O2S. The van der Waals surface area contributed by atoms with Gasteiger partial charge in [-0.2, -0.15) is 0 Å². The second-order valence-corrected chi connectivity index (χ2v) is 6.37. The SMILES string of the molecule is CCS(=O)(=O)c1ccccc1-n1ccnc1CCN. The monoisotopic (exact) mass is 279 g/mol. The first kappa shape index (κ1) is 13.8. The van der Waals surface area contributed by atoms with E-state index in [1.54, 1.807) is 42.1 Å². The smallest absolute Gasteiger partial charge is 0.180 e. The van der Waals surface area contributed by atoms with Gasteiger partial charge in [0.25, 0.3) is 0 Å². The molecule has 0 atom stereocenters. The van der Waals surface area contributed by atoms with Crippen LogP contribution in [0.25, 0.3) is 5.69 Å². The van der Waals surface area contributed by atoms with Crippen molar-refractivity contribution in [2.75, 3.05) is 12.3 Å². The van der Waals surface area contributed by atoms with Gasteiger partial charge >= 0.3 is 0 Å². The number of rotatable bonds is 5. The van der Waals surface area contributed by atoms with Crippen molar-refractivity contribution in [2.24, 2.45) is 5.73 Å². The van der Waals surface area contributed by atoms with Crippen molar-refractivity contribution in [3.63, 3.8) is 0 Å². The molecule has 2 rings (SSSR count). The molecule has 0 saturated carbocycles. The molecule has 102 valence electrons. The van der Waals surface area contributed by atoms with Crippen molar-refractivity contribution in [2.45, 2.75) is 18.2 Å². The van der Waals surface area contributed by atoms with E-state index in [4.69, 9.17) is 5.73 Å². The maximum Gasteiger partial charge on any atom is 0.180 e. The zero-order valence-corrected chi connectivity index (χ0v) is 11.6. The van der Waals surface area contributed by atoms with Crippen molar-refractivity contribution in [3.05, 3.63) is 42.5 Å². The molecule has 1 aromatic heterocycles. The molecule has 6 heteroatoms. The van der Waals surface area contributed by atoms with Crippen LogP contribution in [0.2, 0.25) is 0 Å². The normalized spacial score (nSPS) is 11.7. The summed E-state index contributed by atoms with van der Waals surface area (Å²) in [5, 5.41) is 0. The third-order valence-corrected chi connectivity index (χ3v) is 4.70. The maximum atomic E-state index is 12.1. The van der Waals surface area contributed by atoms with E-state index >= 15 is 0 Å². The highest BCUT2D eigenvalue weighted by molar-refractivity contribution is 7.91. The van der Waals surface area contributed by atoms with E-state index < -0.39 is 9.84 Å². The number of aromatic nitrogens is 2. The first-order chi connectivity index (χ1) is 9.10. The minimum absolute atomic E-state index is 0.0743. The highest BCUT2D eigenvalue weighted by atomic mass is 32.2. The summed E-state index contributed by atoms with van der Waals surface area (Å²) in [5.41, 5.74) is 6.18. The Kier molecular flexibility index (Phi) is 4.01. The Labute approximate surface area is 113 Å². The molecule has 5 nitrogen and oxygen atoms in total. The van der Waals surface area contributed by atoms with E-state index in [2.05, 4.69) is 4.98 Å². The van der Waals surface area contributed by atoms with E-state index in [-0.39, 0.29) is 5.75 Å². The van der Waals surface area contributed by atoms with Crippen LogP contribution in [0.1, 0.15) is 12.7 Å². The summed E-state index contributed by atoms with van der Waals surface area (Å²) in [6, 6.07) is 6.95. The fourth-order valence-electron chi connectivity index (χ4n) is 1.94. The predicted octanol–water partition coefficient (Wildman–Crippen LogP) is 1.17. The van der Waals surface area contributed by atoms with Crippen molar-refractivity contribution < 1.29 is 8.42 Å². The average Bonchev–Trinajstić information content (AvgIpc) is 2.87. The number of nitrogens with two attached hydrogens (primary N) is 1. The molecule has 0 fully saturated rings. The van der Waals surface area contributed by atoms with Gasteiger partial charge in [-0.3, -0.25) is 0 Å². The molecule has 0 spiro atoms. The fourth-order valence-corrected chi connectivity index (χ4v) is 3.02. The molecule has 0 radical (unpaired) electrons. The number of hydrogen-bond donors (Lipinski definition) is 1. The molecule has 0 bridgehead atoms. The Morgan fingerprint density at radius 3 is 2.74 bits per heavy atom. The van der Waals surface area contributed by atoms with Crippen molar-refractivity contribution in [3.8, 4) is 5.69 Å². The second kappa shape index (κ2) is 5.54. The second-order valence-electron chi connectivity index (χ2n) is 4.12. The molecular weight excluding hydrogens is 262 g/mol. The summed E-state index contributed by atoms with van der Waals surface area (Å²) < 4.78 is 26.0. The molecule has 1 aromatic carbocycles. The lowest BCUT2D eigenvalue weighted by Crippen LogP contribution is -2.12. The summed E-state index contributed by atoms with van der Waals surface area (Å²) in [7, 11) is -3.27. The Hall–Kier alpha value is -1.66. The lowest BCUT2D eigenvalue weighted by Gasteiger charge is -2.12. The van der Waals surface area contributed by atoms with E-state index in [0.717, 1.165) is 5.82 Å². The van der Waals surface area contributed by atoms with Gasteiger partial charge in [-0.15, -0.1) is 0 Å².